The number of carbonyl (C=O) groups is 2. The van der Waals surface area contributed by atoms with Gasteiger partial charge in [-0.2, -0.15) is 0 Å². The highest BCUT2D eigenvalue weighted by molar-refractivity contribution is 5.74. The van der Waals surface area contributed by atoms with Gasteiger partial charge in [0.2, 0.25) is 5.88 Å². The standard InChI is InChI=1S/C13H19N3O4/c1-2-7-20-11-4-3-10(8-15-11)9-16-13(19)14-6-5-12(17)18/h3-4,8H,2,5-7,9H2,1H3,(H,17,18)(H2,14,16,19). The lowest BCUT2D eigenvalue weighted by molar-refractivity contribution is -0.136. The molecule has 20 heavy (non-hydrogen) atoms. The van der Waals surface area contributed by atoms with Gasteiger partial charge in [-0.1, -0.05) is 13.0 Å². The van der Waals surface area contributed by atoms with Crippen molar-refractivity contribution in [3.63, 3.8) is 0 Å². The van der Waals surface area contributed by atoms with Crippen molar-refractivity contribution < 1.29 is 19.4 Å². The van der Waals surface area contributed by atoms with Gasteiger partial charge >= 0.3 is 12.0 Å². The average Bonchev–Trinajstić information content (AvgIpc) is 2.43. The number of nitrogens with zero attached hydrogens (tertiary/aromatic N) is 1. The zero-order valence-electron chi connectivity index (χ0n) is 11.4. The van der Waals surface area contributed by atoms with E-state index in [1.54, 1.807) is 12.3 Å². The number of carboxylic acid groups (broad SMARTS) is 1. The van der Waals surface area contributed by atoms with Crippen LogP contribution in [0.25, 0.3) is 0 Å². The largest absolute Gasteiger partial charge is 0.481 e. The highest BCUT2D eigenvalue weighted by Gasteiger charge is 2.02. The van der Waals surface area contributed by atoms with E-state index in [0.717, 1.165) is 12.0 Å². The lowest BCUT2D eigenvalue weighted by Crippen LogP contribution is -2.36. The number of hydrogen-bond acceptors (Lipinski definition) is 4. The summed E-state index contributed by atoms with van der Waals surface area (Å²) in [5.41, 5.74) is 0.835. The summed E-state index contributed by atoms with van der Waals surface area (Å²) in [6.45, 7) is 3.06. The molecule has 1 aromatic heterocycles. The van der Waals surface area contributed by atoms with Crippen LogP contribution in [0, 0.1) is 0 Å². The molecule has 0 radical (unpaired) electrons. The minimum absolute atomic E-state index is 0.0988. The summed E-state index contributed by atoms with van der Waals surface area (Å²) in [5, 5.41) is 13.5. The Balaban J connectivity index is 2.27. The van der Waals surface area contributed by atoms with E-state index in [-0.39, 0.29) is 13.0 Å². The lowest BCUT2D eigenvalue weighted by atomic mass is 10.3. The van der Waals surface area contributed by atoms with Crippen molar-refractivity contribution in [2.45, 2.75) is 26.3 Å². The molecule has 0 aliphatic carbocycles. The number of amides is 2. The minimum atomic E-state index is -0.947. The van der Waals surface area contributed by atoms with Crippen molar-refractivity contribution >= 4 is 12.0 Å². The van der Waals surface area contributed by atoms with Crippen molar-refractivity contribution in [1.82, 2.24) is 15.6 Å². The molecule has 1 rings (SSSR count). The number of carboxylic acids is 1. The van der Waals surface area contributed by atoms with E-state index < -0.39 is 12.0 Å². The Morgan fingerprint density at radius 1 is 1.35 bits per heavy atom. The monoisotopic (exact) mass is 281 g/mol. The van der Waals surface area contributed by atoms with E-state index in [4.69, 9.17) is 9.84 Å². The molecule has 3 N–H and O–H groups in total. The number of pyridine rings is 1. The van der Waals surface area contributed by atoms with Crippen molar-refractivity contribution in [3.05, 3.63) is 23.9 Å². The molecule has 0 aliphatic heterocycles. The maximum absolute atomic E-state index is 11.3. The zero-order chi connectivity index (χ0) is 14.8. The van der Waals surface area contributed by atoms with Gasteiger partial charge in [0.05, 0.1) is 13.0 Å². The molecule has 0 fully saturated rings. The van der Waals surface area contributed by atoms with Crippen LogP contribution in [0.4, 0.5) is 4.79 Å². The Hall–Kier alpha value is -2.31. The van der Waals surface area contributed by atoms with Crippen LogP contribution in [-0.4, -0.2) is 35.2 Å². The van der Waals surface area contributed by atoms with Gasteiger partial charge in [-0.15, -0.1) is 0 Å². The van der Waals surface area contributed by atoms with Crippen LogP contribution >= 0.6 is 0 Å². The summed E-state index contributed by atoms with van der Waals surface area (Å²) in [7, 11) is 0. The second-order valence-electron chi connectivity index (χ2n) is 4.11. The molecule has 1 heterocycles. The zero-order valence-corrected chi connectivity index (χ0v) is 11.4. The van der Waals surface area contributed by atoms with Crippen LogP contribution in [0.3, 0.4) is 0 Å². The number of ether oxygens (including phenoxy) is 1. The molecule has 0 spiro atoms. The molecule has 0 aliphatic rings. The van der Waals surface area contributed by atoms with E-state index in [1.807, 2.05) is 13.0 Å². The Morgan fingerprint density at radius 2 is 2.15 bits per heavy atom. The number of carbonyl (C=O) groups excluding carboxylic acids is 1. The average molecular weight is 281 g/mol. The predicted molar refractivity (Wildman–Crippen MR) is 72.5 cm³/mol. The molecule has 7 heteroatoms. The summed E-state index contributed by atoms with van der Waals surface area (Å²) in [5.74, 6) is -0.390. The molecular weight excluding hydrogens is 262 g/mol. The predicted octanol–water partition coefficient (Wildman–Crippen LogP) is 1.14. The van der Waals surface area contributed by atoms with Gasteiger partial charge in [-0.3, -0.25) is 4.79 Å². The third kappa shape index (κ3) is 6.58. The third-order valence-electron chi connectivity index (χ3n) is 2.33. The van der Waals surface area contributed by atoms with Gasteiger partial charge in [0.25, 0.3) is 0 Å². The third-order valence-corrected chi connectivity index (χ3v) is 2.33. The number of aromatic nitrogens is 1. The first-order valence-electron chi connectivity index (χ1n) is 6.43. The fourth-order valence-corrected chi connectivity index (χ4v) is 1.34. The first-order chi connectivity index (χ1) is 9.61. The lowest BCUT2D eigenvalue weighted by Gasteiger charge is -2.07. The van der Waals surface area contributed by atoms with E-state index in [9.17, 15) is 9.59 Å². The van der Waals surface area contributed by atoms with E-state index in [2.05, 4.69) is 15.6 Å². The number of aliphatic carboxylic acids is 1. The quantitative estimate of drug-likeness (QED) is 0.663. The van der Waals surface area contributed by atoms with Crippen molar-refractivity contribution in [1.29, 1.82) is 0 Å². The van der Waals surface area contributed by atoms with E-state index in [0.29, 0.717) is 19.0 Å². The fourth-order valence-electron chi connectivity index (χ4n) is 1.34. The molecule has 0 bridgehead atoms. The van der Waals surface area contributed by atoms with Gasteiger partial charge in [-0.25, -0.2) is 9.78 Å². The summed E-state index contributed by atoms with van der Waals surface area (Å²) in [6.07, 6.45) is 2.45. The topological polar surface area (TPSA) is 101 Å². The van der Waals surface area contributed by atoms with Gasteiger partial charge in [0, 0.05) is 25.4 Å². The normalized spacial score (nSPS) is 9.85. The molecule has 0 unspecified atom stereocenters. The highest BCUT2D eigenvalue weighted by Crippen LogP contribution is 2.07. The molecule has 0 saturated heterocycles. The molecule has 7 nitrogen and oxygen atoms in total. The second-order valence-corrected chi connectivity index (χ2v) is 4.11. The van der Waals surface area contributed by atoms with Crippen LogP contribution in [0.1, 0.15) is 25.3 Å². The van der Waals surface area contributed by atoms with Crippen LogP contribution in [0.15, 0.2) is 18.3 Å². The SMILES string of the molecule is CCCOc1ccc(CNC(=O)NCCC(=O)O)cn1. The smallest absolute Gasteiger partial charge is 0.315 e. The molecule has 0 saturated carbocycles. The van der Waals surface area contributed by atoms with Crippen LogP contribution in [-0.2, 0) is 11.3 Å². The molecule has 110 valence electrons. The van der Waals surface area contributed by atoms with Gasteiger partial charge in [-0.05, 0) is 12.0 Å². The maximum atomic E-state index is 11.3. The van der Waals surface area contributed by atoms with Gasteiger partial charge in [0.1, 0.15) is 0 Å². The summed E-state index contributed by atoms with van der Waals surface area (Å²) in [4.78, 5) is 25.7. The number of rotatable bonds is 8. The van der Waals surface area contributed by atoms with Crippen molar-refractivity contribution in [2.24, 2.45) is 0 Å². The van der Waals surface area contributed by atoms with Crippen molar-refractivity contribution in [2.75, 3.05) is 13.2 Å². The molecule has 0 atom stereocenters. The Morgan fingerprint density at radius 3 is 2.75 bits per heavy atom. The fraction of sp³-hybridized carbons (Fsp3) is 0.462. The van der Waals surface area contributed by atoms with E-state index >= 15 is 0 Å². The maximum Gasteiger partial charge on any atom is 0.315 e. The van der Waals surface area contributed by atoms with E-state index in [1.165, 1.54) is 0 Å². The van der Waals surface area contributed by atoms with Crippen molar-refractivity contribution in [3.8, 4) is 5.88 Å². The van der Waals surface area contributed by atoms with Gasteiger partial charge < -0.3 is 20.5 Å². The Kier molecular flexibility index (Phi) is 6.88. The summed E-state index contributed by atoms with van der Waals surface area (Å²) < 4.78 is 5.34. The number of nitrogens with one attached hydrogen (secondary N) is 2. The minimum Gasteiger partial charge on any atom is -0.481 e. The van der Waals surface area contributed by atoms with Crippen LogP contribution in [0.2, 0.25) is 0 Å². The summed E-state index contributed by atoms with van der Waals surface area (Å²) >= 11 is 0. The Bertz CT molecular complexity index is 434. The van der Waals surface area contributed by atoms with Crippen LogP contribution in [0.5, 0.6) is 5.88 Å². The Labute approximate surface area is 117 Å². The first kappa shape index (κ1) is 15.7. The molecule has 2 amide bonds. The highest BCUT2D eigenvalue weighted by atomic mass is 16.5. The number of urea groups is 1. The summed E-state index contributed by atoms with van der Waals surface area (Å²) in [6, 6.07) is 3.16. The molecular formula is C13H19N3O4. The van der Waals surface area contributed by atoms with Crippen LogP contribution < -0.4 is 15.4 Å². The molecule has 0 aromatic carbocycles. The second kappa shape index (κ2) is 8.73. The van der Waals surface area contributed by atoms with Gasteiger partial charge in [0.15, 0.2) is 0 Å². The number of hydrogen-bond donors (Lipinski definition) is 3. The first-order valence-corrected chi connectivity index (χ1v) is 6.43. The molecule has 1 aromatic rings.